The third-order valence-electron chi connectivity index (χ3n) is 2.46. The lowest BCUT2D eigenvalue weighted by atomic mass is 10.2. The van der Waals surface area contributed by atoms with Crippen LogP contribution in [0.1, 0.15) is 26.7 Å². The molecule has 0 fully saturated rings. The second-order valence-corrected chi connectivity index (χ2v) is 5.52. The normalized spacial score (nSPS) is 12.1. The molecule has 20 heavy (non-hydrogen) atoms. The molecule has 0 radical (unpaired) electrons. The fourth-order valence-electron chi connectivity index (χ4n) is 1.43. The average molecular weight is 306 g/mol. The number of methoxy groups -OCH3 is 1. The van der Waals surface area contributed by atoms with E-state index in [9.17, 15) is 9.59 Å². The molecule has 0 aliphatic rings. The van der Waals surface area contributed by atoms with Crippen molar-refractivity contribution in [2.75, 3.05) is 32.3 Å². The maximum atomic E-state index is 11.7. The molecule has 0 aliphatic carbocycles. The highest BCUT2D eigenvalue weighted by Crippen LogP contribution is 2.02. The first-order valence-electron chi connectivity index (χ1n) is 6.74. The molecule has 0 rings (SSSR count). The van der Waals surface area contributed by atoms with Gasteiger partial charge >= 0.3 is 12.0 Å². The highest BCUT2D eigenvalue weighted by molar-refractivity contribution is 7.98. The van der Waals surface area contributed by atoms with Crippen molar-refractivity contribution in [1.29, 1.82) is 0 Å². The number of carbonyl (C=O) groups excluding carboxylic acids is 2. The van der Waals surface area contributed by atoms with Gasteiger partial charge < -0.3 is 20.1 Å². The smallest absolute Gasteiger partial charge is 0.328 e. The summed E-state index contributed by atoms with van der Waals surface area (Å²) < 4.78 is 10.0. The molecule has 0 saturated heterocycles. The van der Waals surface area contributed by atoms with Crippen molar-refractivity contribution in [3.63, 3.8) is 0 Å². The predicted molar refractivity (Wildman–Crippen MR) is 81.0 cm³/mol. The Balaban J connectivity index is 3.91. The summed E-state index contributed by atoms with van der Waals surface area (Å²) in [5.41, 5.74) is 0. The van der Waals surface area contributed by atoms with Crippen molar-refractivity contribution in [3.8, 4) is 0 Å². The zero-order chi connectivity index (χ0) is 15.4. The van der Waals surface area contributed by atoms with E-state index in [-0.39, 0.29) is 12.1 Å². The number of esters is 1. The summed E-state index contributed by atoms with van der Waals surface area (Å²) in [5.74, 6) is 0.361. The van der Waals surface area contributed by atoms with Crippen LogP contribution in [0.2, 0.25) is 0 Å². The van der Waals surface area contributed by atoms with Crippen LogP contribution in [0.5, 0.6) is 0 Å². The molecule has 0 aliphatic heterocycles. The molecule has 7 heteroatoms. The molecule has 0 saturated carbocycles. The predicted octanol–water partition coefficient (Wildman–Crippen LogP) is 1.40. The Morgan fingerprint density at radius 2 is 2.00 bits per heavy atom. The van der Waals surface area contributed by atoms with Gasteiger partial charge in [0.2, 0.25) is 0 Å². The van der Waals surface area contributed by atoms with Crippen molar-refractivity contribution in [3.05, 3.63) is 0 Å². The summed E-state index contributed by atoms with van der Waals surface area (Å²) in [6, 6.07) is -0.953. The minimum Gasteiger partial charge on any atom is -0.467 e. The summed E-state index contributed by atoms with van der Waals surface area (Å²) in [5, 5.41) is 5.32. The van der Waals surface area contributed by atoms with Crippen LogP contribution in [-0.2, 0) is 14.3 Å². The molecular weight excluding hydrogens is 280 g/mol. The number of carbonyl (C=O) groups is 2. The molecule has 1 unspecified atom stereocenters. The molecular formula is C13H26N2O4S. The number of rotatable bonds is 10. The third-order valence-corrected chi connectivity index (χ3v) is 3.10. The SMILES string of the molecule is COC(=O)C(CCSC)NC(=O)NCCCOC(C)C. The van der Waals surface area contributed by atoms with Gasteiger partial charge in [-0.3, -0.25) is 0 Å². The van der Waals surface area contributed by atoms with Gasteiger partial charge in [0, 0.05) is 13.2 Å². The lowest BCUT2D eigenvalue weighted by molar-refractivity contribution is -0.142. The van der Waals surface area contributed by atoms with Gasteiger partial charge in [0.1, 0.15) is 6.04 Å². The molecule has 0 aromatic heterocycles. The molecule has 2 N–H and O–H groups in total. The zero-order valence-corrected chi connectivity index (χ0v) is 13.5. The van der Waals surface area contributed by atoms with Crippen LogP contribution >= 0.6 is 11.8 Å². The minimum absolute atomic E-state index is 0.194. The lowest BCUT2D eigenvalue weighted by Crippen LogP contribution is -2.47. The molecule has 2 amide bonds. The minimum atomic E-state index is -0.598. The summed E-state index contributed by atoms with van der Waals surface area (Å²) in [7, 11) is 1.32. The lowest BCUT2D eigenvalue weighted by Gasteiger charge is -2.16. The van der Waals surface area contributed by atoms with Gasteiger partial charge in [-0.05, 0) is 38.7 Å². The topological polar surface area (TPSA) is 76.7 Å². The number of hydrogen-bond acceptors (Lipinski definition) is 5. The Labute approximate surface area is 125 Å². The van der Waals surface area contributed by atoms with E-state index < -0.39 is 12.0 Å². The summed E-state index contributed by atoms with van der Waals surface area (Å²) in [6.07, 6.45) is 3.43. The van der Waals surface area contributed by atoms with Gasteiger partial charge in [0.25, 0.3) is 0 Å². The van der Waals surface area contributed by atoms with Crippen LogP contribution in [0.4, 0.5) is 4.79 Å². The molecule has 0 bridgehead atoms. The van der Waals surface area contributed by atoms with E-state index in [1.54, 1.807) is 11.8 Å². The van der Waals surface area contributed by atoms with Gasteiger partial charge in [-0.25, -0.2) is 9.59 Å². The van der Waals surface area contributed by atoms with Crippen molar-refractivity contribution in [2.45, 2.75) is 38.8 Å². The van der Waals surface area contributed by atoms with Gasteiger partial charge in [0.05, 0.1) is 13.2 Å². The number of thioether (sulfide) groups is 1. The monoisotopic (exact) mass is 306 g/mol. The number of nitrogens with one attached hydrogen (secondary N) is 2. The van der Waals surface area contributed by atoms with Crippen LogP contribution in [-0.4, -0.2) is 56.4 Å². The Hall–Kier alpha value is -0.950. The fourth-order valence-corrected chi connectivity index (χ4v) is 1.90. The van der Waals surface area contributed by atoms with Crippen molar-refractivity contribution in [1.82, 2.24) is 10.6 Å². The van der Waals surface area contributed by atoms with E-state index in [1.165, 1.54) is 7.11 Å². The van der Waals surface area contributed by atoms with E-state index in [0.29, 0.717) is 19.6 Å². The van der Waals surface area contributed by atoms with Gasteiger partial charge in [-0.1, -0.05) is 0 Å². The van der Waals surface area contributed by atoms with Gasteiger partial charge in [-0.2, -0.15) is 11.8 Å². The van der Waals surface area contributed by atoms with Crippen molar-refractivity contribution >= 4 is 23.8 Å². The second-order valence-electron chi connectivity index (χ2n) is 4.53. The standard InChI is InChI=1S/C13H26N2O4S/c1-10(2)19-8-5-7-14-13(17)15-11(6-9-20-4)12(16)18-3/h10-11H,5-9H2,1-4H3,(H2,14,15,17). The Morgan fingerprint density at radius 3 is 2.55 bits per heavy atom. The van der Waals surface area contributed by atoms with Crippen molar-refractivity contribution < 1.29 is 19.1 Å². The first-order chi connectivity index (χ1) is 9.51. The average Bonchev–Trinajstić information content (AvgIpc) is 2.41. The molecule has 0 heterocycles. The van der Waals surface area contributed by atoms with E-state index in [4.69, 9.17) is 4.74 Å². The van der Waals surface area contributed by atoms with Gasteiger partial charge in [0.15, 0.2) is 0 Å². The maximum absolute atomic E-state index is 11.7. The molecule has 0 aromatic carbocycles. The number of urea groups is 1. The number of ether oxygens (including phenoxy) is 2. The molecule has 6 nitrogen and oxygen atoms in total. The highest BCUT2D eigenvalue weighted by atomic mass is 32.2. The first kappa shape index (κ1) is 19.1. The zero-order valence-electron chi connectivity index (χ0n) is 12.7. The van der Waals surface area contributed by atoms with E-state index in [2.05, 4.69) is 15.4 Å². The fraction of sp³-hybridized carbons (Fsp3) is 0.846. The van der Waals surface area contributed by atoms with Crippen LogP contribution in [0.15, 0.2) is 0 Å². The molecule has 1 atom stereocenters. The summed E-state index contributed by atoms with van der Waals surface area (Å²) in [6.45, 7) is 5.04. The summed E-state index contributed by atoms with van der Waals surface area (Å²) in [4.78, 5) is 23.2. The number of amides is 2. The number of hydrogen-bond donors (Lipinski definition) is 2. The van der Waals surface area contributed by atoms with E-state index >= 15 is 0 Å². The van der Waals surface area contributed by atoms with Crippen molar-refractivity contribution in [2.24, 2.45) is 0 Å². The van der Waals surface area contributed by atoms with Crippen LogP contribution in [0.3, 0.4) is 0 Å². The molecule has 118 valence electrons. The quantitative estimate of drug-likeness (QED) is 0.471. The third kappa shape index (κ3) is 9.91. The Morgan fingerprint density at radius 1 is 1.30 bits per heavy atom. The Bertz CT molecular complexity index is 288. The van der Waals surface area contributed by atoms with Crippen LogP contribution in [0.25, 0.3) is 0 Å². The first-order valence-corrected chi connectivity index (χ1v) is 8.13. The van der Waals surface area contributed by atoms with Crippen LogP contribution < -0.4 is 10.6 Å². The maximum Gasteiger partial charge on any atom is 0.328 e. The summed E-state index contributed by atoms with van der Waals surface area (Å²) >= 11 is 1.62. The van der Waals surface area contributed by atoms with E-state index in [1.807, 2.05) is 20.1 Å². The van der Waals surface area contributed by atoms with Gasteiger partial charge in [-0.15, -0.1) is 0 Å². The molecule has 0 aromatic rings. The molecule has 0 spiro atoms. The Kier molecular flexibility index (Phi) is 11.3. The van der Waals surface area contributed by atoms with E-state index in [0.717, 1.165) is 12.2 Å². The largest absolute Gasteiger partial charge is 0.467 e. The van der Waals surface area contributed by atoms with Crippen LogP contribution in [0, 0.1) is 0 Å². The highest BCUT2D eigenvalue weighted by Gasteiger charge is 2.20. The second kappa shape index (κ2) is 11.8.